The summed E-state index contributed by atoms with van der Waals surface area (Å²) in [5.74, 6) is -3.21. The number of esters is 1. The van der Waals surface area contributed by atoms with Gasteiger partial charge in [0.2, 0.25) is 0 Å². The minimum absolute atomic E-state index is 0.166. The molecule has 158 valence electrons. The first-order valence-corrected chi connectivity index (χ1v) is 8.54. The molecule has 28 heavy (non-hydrogen) atoms. The average molecular weight is 401 g/mol. The van der Waals surface area contributed by atoms with Crippen molar-refractivity contribution in [3.8, 4) is 0 Å². The van der Waals surface area contributed by atoms with Gasteiger partial charge in [0.1, 0.15) is 11.1 Å². The van der Waals surface area contributed by atoms with Crippen LogP contribution in [0, 0.1) is 0 Å². The lowest BCUT2D eigenvalue weighted by Gasteiger charge is -2.37. The lowest BCUT2D eigenvalue weighted by molar-refractivity contribution is -0.142. The molecular formula is C17H27N3O8. The fourth-order valence-corrected chi connectivity index (χ4v) is 2.29. The van der Waals surface area contributed by atoms with Gasteiger partial charge in [0.15, 0.2) is 5.84 Å². The van der Waals surface area contributed by atoms with Crippen molar-refractivity contribution in [1.29, 1.82) is 0 Å². The molecule has 0 radical (unpaired) electrons. The van der Waals surface area contributed by atoms with E-state index in [1.54, 1.807) is 20.8 Å². The first kappa shape index (κ1) is 23.2. The lowest BCUT2D eigenvalue weighted by atomic mass is 9.89. The maximum atomic E-state index is 12.2. The van der Waals surface area contributed by atoms with Crippen LogP contribution in [0.2, 0.25) is 0 Å². The van der Waals surface area contributed by atoms with Crippen LogP contribution in [0.25, 0.3) is 0 Å². The van der Waals surface area contributed by atoms with Crippen LogP contribution in [0.5, 0.6) is 0 Å². The summed E-state index contributed by atoms with van der Waals surface area (Å²) in [6.07, 6.45) is -0.154. The highest BCUT2D eigenvalue weighted by Crippen LogP contribution is 2.23. The zero-order chi connectivity index (χ0) is 21.5. The van der Waals surface area contributed by atoms with Crippen LogP contribution < -0.4 is 11.1 Å². The van der Waals surface area contributed by atoms with E-state index in [1.807, 2.05) is 0 Å². The summed E-state index contributed by atoms with van der Waals surface area (Å²) < 4.78 is 15.1. The predicted octanol–water partition coefficient (Wildman–Crippen LogP) is 0.881. The molecule has 11 nitrogen and oxygen atoms in total. The SMILES string of the molecule is COC(=O)C(ON=C(N)C1(NC(=O)OC(C)(C)C)CCOCC1)=C(C)C(=O)O. The molecule has 1 saturated heterocycles. The molecule has 0 aromatic carbocycles. The number of oxime groups is 1. The van der Waals surface area contributed by atoms with E-state index in [-0.39, 0.29) is 18.7 Å². The summed E-state index contributed by atoms with van der Waals surface area (Å²) in [5.41, 5.74) is 3.76. The van der Waals surface area contributed by atoms with Gasteiger partial charge in [0, 0.05) is 26.1 Å². The van der Waals surface area contributed by atoms with Gasteiger partial charge in [0.05, 0.1) is 12.7 Å². The number of hydrogen-bond acceptors (Lipinski definition) is 8. The number of amidine groups is 1. The molecule has 0 bridgehead atoms. The molecule has 0 saturated carbocycles. The second kappa shape index (κ2) is 9.40. The first-order chi connectivity index (χ1) is 12.9. The fourth-order valence-electron chi connectivity index (χ4n) is 2.29. The van der Waals surface area contributed by atoms with Crippen molar-refractivity contribution < 1.29 is 38.5 Å². The van der Waals surface area contributed by atoms with E-state index >= 15 is 0 Å². The van der Waals surface area contributed by atoms with Crippen LogP contribution >= 0.6 is 0 Å². The Bertz CT molecular complexity index is 672. The Morgan fingerprint density at radius 3 is 2.25 bits per heavy atom. The van der Waals surface area contributed by atoms with Crippen molar-refractivity contribution in [3.05, 3.63) is 11.3 Å². The van der Waals surface area contributed by atoms with Gasteiger partial charge in [-0.3, -0.25) is 0 Å². The number of methoxy groups -OCH3 is 1. The van der Waals surface area contributed by atoms with Crippen molar-refractivity contribution in [2.24, 2.45) is 10.9 Å². The Morgan fingerprint density at radius 1 is 1.21 bits per heavy atom. The number of nitrogens with one attached hydrogen (secondary N) is 1. The minimum Gasteiger partial charge on any atom is -0.478 e. The smallest absolute Gasteiger partial charge is 0.408 e. The van der Waals surface area contributed by atoms with Gasteiger partial charge in [0.25, 0.3) is 5.76 Å². The van der Waals surface area contributed by atoms with E-state index in [9.17, 15) is 14.4 Å². The third-order valence-corrected chi connectivity index (χ3v) is 3.84. The van der Waals surface area contributed by atoms with Crippen LogP contribution in [0.3, 0.4) is 0 Å². The largest absolute Gasteiger partial charge is 0.478 e. The van der Waals surface area contributed by atoms with Crippen molar-refractivity contribution in [1.82, 2.24) is 5.32 Å². The van der Waals surface area contributed by atoms with Crippen molar-refractivity contribution in [2.45, 2.75) is 51.7 Å². The summed E-state index contributed by atoms with van der Waals surface area (Å²) >= 11 is 0. The number of alkyl carbamates (subject to hydrolysis) is 1. The Hall–Kier alpha value is -2.82. The Balaban J connectivity index is 3.13. The first-order valence-electron chi connectivity index (χ1n) is 8.54. The number of nitrogens with two attached hydrogens (primary N) is 1. The molecule has 1 heterocycles. The Kier molecular flexibility index (Phi) is 7.79. The Labute approximate surface area is 162 Å². The molecule has 0 aliphatic carbocycles. The van der Waals surface area contributed by atoms with E-state index < -0.39 is 40.5 Å². The van der Waals surface area contributed by atoms with E-state index in [1.165, 1.54) is 0 Å². The molecular weight excluding hydrogens is 374 g/mol. The van der Waals surface area contributed by atoms with Crippen LogP contribution in [0.15, 0.2) is 16.5 Å². The van der Waals surface area contributed by atoms with Crippen molar-refractivity contribution in [2.75, 3.05) is 20.3 Å². The number of carbonyl (C=O) groups is 3. The minimum atomic E-state index is -1.39. The third-order valence-electron chi connectivity index (χ3n) is 3.84. The van der Waals surface area contributed by atoms with Gasteiger partial charge in [-0.05, 0) is 27.7 Å². The van der Waals surface area contributed by atoms with E-state index in [0.717, 1.165) is 14.0 Å². The molecule has 1 rings (SSSR count). The monoisotopic (exact) mass is 401 g/mol. The second-order valence-corrected chi connectivity index (χ2v) is 7.14. The quantitative estimate of drug-likeness (QED) is 0.147. The van der Waals surface area contributed by atoms with E-state index in [4.69, 9.17) is 25.2 Å². The molecule has 0 unspecified atom stereocenters. The van der Waals surface area contributed by atoms with Crippen LogP contribution in [0.4, 0.5) is 4.79 Å². The number of ether oxygens (including phenoxy) is 3. The summed E-state index contributed by atoms with van der Waals surface area (Å²) in [6.45, 7) is 6.88. The zero-order valence-electron chi connectivity index (χ0n) is 16.7. The molecule has 1 aliphatic rings. The number of rotatable bonds is 6. The molecule has 0 spiro atoms. The van der Waals surface area contributed by atoms with Gasteiger partial charge < -0.3 is 35.2 Å². The number of hydrogen-bond donors (Lipinski definition) is 3. The summed E-state index contributed by atoms with van der Waals surface area (Å²) in [5, 5.41) is 15.4. The summed E-state index contributed by atoms with van der Waals surface area (Å²) in [6, 6.07) is 0. The zero-order valence-corrected chi connectivity index (χ0v) is 16.7. The number of aliphatic carboxylic acids is 1. The molecule has 4 N–H and O–H groups in total. The number of amides is 1. The maximum Gasteiger partial charge on any atom is 0.408 e. The molecule has 1 amide bonds. The molecule has 0 aromatic rings. The van der Waals surface area contributed by atoms with Crippen LogP contribution in [-0.4, -0.2) is 60.4 Å². The average Bonchev–Trinajstić information content (AvgIpc) is 2.59. The number of carboxylic acid groups (broad SMARTS) is 1. The molecule has 1 fully saturated rings. The highest BCUT2D eigenvalue weighted by Gasteiger charge is 2.40. The van der Waals surface area contributed by atoms with Gasteiger partial charge in [-0.1, -0.05) is 5.16 Å². The molecule has 11 heteroatoms. The third kappa shape index (κ3) is 6.41. The van der Waals surface area contributed by atoms with Crippen molar-refractivity contribution >= 4 is 23.9 Å². The lowest BCUT2D eigenvalue weighted by Crippen LogP contribution is -2.60. The number of nitrogens with zero attached hydrogens (tertiary/aromatic N) is 1. The second-order valence-electron chi connectivity index (χ2n) is 7.14. The van der Waals surface area contributed by atoms with Gasteiger partial charge in [-0.15, -0.1) is 0 Å². The molecule has 0 aromatic heterocycles. The topological polar surface area (TPSA) is 159 Å². The standard InChI is InChI=1S/C17H27N3O8/c1-10(12(21)22)11(13(23)25-5)28-20-14(18)17(6-8-26-9-7-17)19-15(24)27-16(2,3)4/h6-9H2,1-5H3,(H2,18,20)(H,19,24)(H,21,22). The highest BCUT2D eigenvalue weighted by atomic mass is 16.7. The normalized spacial score (nSPS) is 17.8. The van der Waals surface area contributed by atoms with Crippen LogP contribution in [-0.2, 0) is 28.6 Å². The summed E-state index contributed by atoms with van der Waals surface area (Å²) in [7, 11) is 1.07. The number of carbonyl (C=O) groups excluding carboxylic acids is 2. The number of carboxylic acids is 1. The maximum absolute atomic E-state index is 12.2. The van der Waals surface area contributed by atoms with Crippen molar-refractivity contribution in [3.63, 3.8) is 0 Å². The van der Waals surface area contributed by atoms with Crippen LogP contribution in [0.1, 0.15) is 40.5 Å². The molecule has 0 atom stereocenters. The van der Waals surface area contributed by atoms with Gasteiger partial charge >= 0.3 is 18.0 Å². The highest BCUT2D eigenvalue weighted by molar-refractivity contribution is 5.98. The predicted molar refractivity (Wildman–Crippen MR) is 97.2 cm³/mol. The Morgan fingerprint density at radius 2 is 1.79 bits per heavy atom. The van der Waals surface area contributed by atoms with Gasteiger partial charge in [-0.25, -0.2) is 14.4 Å². The van der Waals surface area contributed by atoms with E-state index in [0.29, 0.717) is 13.2 Å². The summed E-state index contributed by atoms with van der Waals surface area (Å²) in [4.78, 5) is 40.1. The fraction of sp³-hybridized carbons (Fsp3) is 0.647. The van der Waals surface area contributed by atoms with Gasteiger partial charge in [-0.2, -0.15) is 0 Å². The van der Waals surface area contributed by atoms with E-state index in [2.05, 4.69) is 15.2 Å². The molecule has 1 aliphatic heterocycles.